The quantitative estimate of drug-likeness (QED) is 0.629. The summed E-state index contributed by atoms with van der Waals surface area (Å²) in [6.45, 7) is 0. The van der Waals surface area contributed by atoms with E-state index in [0.29, 0.717) is 17.9 Å². The molecule has 21 heavy (non-hydrogen) atoms. The number of benzene rings is 1. The SMILES string of the molecule is COc1cccc(CC(NN)c2cccnc2OC)c1F. The Bertz CT molecular complexity index is 607. The van der Waals surface area contributed by atoms with Crippen molar-refractivity contribution in [2.75, 3.05) is 14.2 Å². The number of pyridine rings is 1. The highest BCUT2D eigenvalue weighted by Gasteiger charge is 2.19. The molecule has 0 aliphatic heterocycles. The fourth-order valence-corrected chi connectivity index (χ4v) is 2.19. The van der Waals surface area contributed by atoms with E-state index in [2.05, 4.69) is 10.4 Å². The van der Waals surface area contributed by atoms with Gasteiger partial charge in [0, 0.05) is 11.8 Å². The largest absolute Gasteiger partial charge is 0.494 e. The van der Waals surface area contributed by atoms with Gasteiger partial charge in [0.15, 0.2) is 11.6 Å². The van der Waals surface area contributed by atoms with Gasteiger partial charge in [-0.2, -0.15) is 0 Å². The highest BCUT2D eigenvalue weighted by Crippen LogP contribution is 2.28. The molecule has 0 aliphatic rings. The smallest absolute Gasteiger partial charge is 0.217 e. The summed E-state index contributed by atoms with van der Waals surface area (Å²) >= 11 is 0. The van der Waals surface area contributed by atoms with Crippen molar-refractivity contribution in [2.24, 2.45) is 5.84 Å². The molecule has 5 nitrogen and oxygen atoms in total. The lowest BCUT2D eigenvalue weighted by molar-refractivity contribution is 0.376. The standard InChI is InChI=1S/C15H18FN3O2/c1-20-13-7-3-5-10(14(13)16)9-12(19-17)11-6-4-8-18-15(11)21-2/h3-8,12,19H,9,17H2,1-2H3. The van der Waals surface area contributed by atoms with Crippen LogP contribution >= 0.6 is 0 Å². The highest BCUT2D eigenvalue weighted by atomic mass is 19.1. The van der Waals surface area contributed by atoms with Crippen LogP contribution in [-0.2, 0) is 6.42 Å². The Morgan fingerprint density at radius 1 is 1.24 bits per heavy atom. The normalized spacial score (nSPS) is 12.0. The monoisotopic (exact) mass is 291 g/mol. The van der Waals surface area contributed by atoms with E-state index in [1.54, 1.807) is 30.5 Å². The third-order valence-electron chi connectivity index (χ3n) is 3.26. The van der Waals surface area contributed by atoms with E-state index in [1.165, 1.54) is 14.2 Å². The summed E-state index contributed by atoms with van der Waals surface area (Å²) in [4.78, 5) is 4.13. The van der Waals surface area contributed by atoms with Crippen LogP contribution in [0.1, 0.15) is 17.2 Å². The van der Waals surface area contributed by atoms with Crippen molar-refractivity contribution < 1.29 is 13.9 Å². The van der Waals surface area contributed by atoms with Crippen LogP contribution < -0.4 is 20.7 Å². The van der Waals surface area contributed by atoms with Crippen LogP contribution in [0.2, 0.25) is 0 Å². The van der Waals surface area contributed by atoms with Crippen molar-refractivity contribution in [3.8, 4) is 11.6 Å². The number of nitrogens with zero attached hydrogens (tertiary/aromatic N) is 1. The molecule has 0 saturated carbocycles. The average Bonchev–Trinajstić information content (AvgIpc) is 2.54. The van der Waals surface area contributed by atoms with Crippen LogP contribution in [0.4, 0.5) is 4.39 Å². The van der Waals surface area contributed by atoms with Gasteiger partial charge in [0.05, 0.1) is 20.3 Å². The molecule has 1 atom stereocenters. The topological polar surface area (TPSA) is 69.4 Å². The summed E-state index contributed by atoms with van der Waals surface area (Å²) in [6, 6.07) is 8.32. The molecule has 1 aromatic carbocycles. The number of aromatic nitrogens is 1. The van der Waals surface area contributed by atoms with E-state index in [4.69, 9.17) is 15.3 Å². The Kier molecular flexibility index (Phi) is 5.08. The maximum atomic E-state index is 14.2. The lowest BCUT2D eigenvalue weighted by atomic mass is 9.99. The van der Waals surface area contributed by atoms with Gasteiger partial charge in [-0.1, -0.05) is 18.2 Å². The van der Waals surface area contributed by atoms with Crippen molar-refractivity contribution >= 4 is 0 Å². The molecule has 1 unspecified atom stereocenters. The third kappa shape index (κ3) is 3.29. The zero-order chi connectivity index (χ0) is 15.2. The Labute approximate surface area is 122 Å². The molecule has 0 amide bonds. The van der Waals surface area contributed by atoms with Crippen molar-refractivity contribution in [1.29, 1.82) is 0 Å². The molecule has 3 N–H and O–H groups in total. The Morgan fingerprint density at radius 2 is 2.05 bits per heavy atom. The molecule has 0 spiro atoms. The zero-order valence-corrected chi connectivity index (χ0v) is 12.0. The Hall–Kier alpha value is -2.18. The molecular formula is C15H18FN3O2. The van der Waals surface area contributed by atoms with E-state index in [0.717, 1.165) is 5.56 Å². The Morgan fingerprint density at radius 3 is 2.71 bits per heavy atom. The number of hydrogen-bond donors (Lipinski definition) is 2. The molecule has 0 aliphatic carbocycles. The molecular weight excluding hydrogens is 273 g/mol. The van der Waals surface area contributed by atoms with Gasteiger partial charge in [-0.25, -0.2) is 9.37 Å². The van der Waals surface area contributed by atoms with Crippen molar-refractivity contribution in [3.05, 3.63) is 53.5 Å². The fourth-order valence-electron chi connectivity index (χ4n) is 2.19. The fraction of sp³-hybridized carbons (Fsp3) is 0.267. The minimum atomic E-state index is -0.386. The second kappa shape index (κ2) is 7.01. The van der Waals surface area contributed by atoms with Crippen LogP contribution in [0.3, 0.4) is 0 Å². The van der Waals surface area contributed by atoms with Crippen LogP contribution in [0.25, 0.3) is 0 Å². The first-order valence-corrected chi connectivity index (χ1v) is 6.47. The van der Waals surface area contributed by atoms with E-state index < -0.39 is 0 Å². The summed E-state index contributed by atoms with van der Waals surface area (Å²) in [6.07, 6.45) is 1.98. The molecule has 0 bridgehead atoms. The first-order valence-electron chi connectivity index (χ1n) is 6.47. The third-order valence-corrected chi connectivity index (χ3v) is 3.26. The summed E-state index contributed by atoms with van der Waals surface area (Å²) in [5.74, 6) is 5.90. The summed E-state index contributed by atoms with van der Waals surface area (Å²) in [5.41, 5.74) is 3.95. The molecule has 0 saturated heterocycles. The molecule has 1 aromatic heterocycles. The van der Waals surface area contributed by atoms with Crippen LogP contribution in [0.5, 0.6) is 11.6 Å². The van der Waals surface area contributed by atoms with Gasteiger partial charge in [-0.15, -0.1) is 0 Å². The first kappa shape index (κ1) is 15.2. The number of ether oxygens (including phenoxy) is 2. The van der Waals surface area contributed by atoms with E-state index in [1.807, 2.05) is 6.07 Å². The number of hydrogen-bond acceptors (Lipinski definition) is 5. The molecule has 2 rings (SSSR count). The van der Waals surface area contributed by atoms with Gasteiger partial charge in [0.2, 0.25) is 5.88 Å². The molecule has 2 aromatic rings. The predicted molar refractivity (Wildman–Crippen MR) is 77.5 cm³/mol. The number of rotatable bonds is 6. The number of nitrogens with one attached hydrogen (secondary N) is 1. The van der Waals surface area contributed by atoms with Gasteiger partial charge < -0.3 is 9.47 Å². The maximum Gasteiger partial charge on any atom is 0.217 e. The van der Waals surface area contributed by atoms with Crippen molar-refractivity contribution in [1.82, 2.24) is 10.4 Å². The maximum absolute atomic E-state index is 14.2. The minimum Gasteiger partial charge on any atom is -0.494 e. The lowest BCUT2D eigenvalue weighted by Gasteiger charge is -2.19. The van der Waals surface area contributed by atoms with E-state index in [-0.39, 0.29) is 17.6 Å². The first-order chi connectivity index (χ1) is 10.2. The molecule has 112 valence electrons. The number of hydrazine groups is 1. The van der Waals surface area contributed by atoms with Crippen LogP contribution in [0, 0.1) is 5.82 Å². The number of methoxy groups -OCH3 is 2. The van der Waals surface area contributed by atoms with Gasteiger partial charge in [0.25, 0.3) is 0 Å². The number of nitrogens with two attached hydrogens (primary N) is 1. The Balaban J connectivity index is 2.31. The molecule has 6 heteroatoms. The molecule has 0 fully saturated rings. The average molecular weight is 291 g/mol. The minimum absolute atomic E-state index is 0.210. The number of halogens is 1. The van der Waals surface area contributed by atoms with Crippen LogP contribution in [-0.4, -0.2) is 19.2 Å². The van der Waals surface area contributed by atoms with E-state index in [9.17, 15) is 4.39 Å². The van der Waals surface area contributed by atoms with Crippen molar-refractivity contribution in [2.45, 2.75) is 12.5 Å². The molecule has 1 heterocycles. The summed E-state index contributed by atoms with van der Waals surface area (Å²) in [7, 11) is 2.97. The van der Waals surface area contributed by atoms with Gasteiger partial charge in [-0.05, 0) is 24.1 Å². The van der Waals surface area contributed by atoms with Gasteiger partial charge in [0.1, 0.15) is 0 Å². The van der Waals surface area contributed by atoms with Gasteiger partial charge in [-0.3, -0.25) is 11.3 Å². The second-order valence-electron chi connectivity index (χ2n) is 4.46. The van der Waals surface area contributed by atoms with Gasteiger partial charge >= 0.3 is 0 Å². The van der Waals surface area contributed by atoms with Crippen LogP contribution in [0.15, 0.2) is 36.5 Å². The summed E-state index contributed by atoms with van der Waals surface area (Å²) in [5, 5.41) is 0. The lowest BCUT2D eigenvalue weighted by Crippen LogP contribution is -2.30. The second-order valence-corrected chi connectivity index (χ2v) is 4.46. The zero-order valence-electron chi connectivity index (χ0n) is 12.0. The van der Waals surface area contributed by atoms with Crippen molar-refractivity contribution in [3.63, 3.8) is 0 Å². The molecule has 0 radical (unpaired) electrons. The summed E-state index contributed by atoms with van der Waals surface area (Å²) < 4.78 is 24.4. The highest BCUT2D eigenvalue weighted by molar-refractivity contribution is 5.35. The van der Waals surface area contributed by atoms with E-state index >= 15 is 0 Å². The predicted octanol–water partition coefficient (Wildman–Crippen LogP) is 1.98.